The molecule has 1 heterocycles. The number of halogens is 5. The molecule has 122 valence electrons. The third kappa shape index (κ3) is 4.27. The number of nitrogens with zero attached hydrogens (tertiary/aromatic N) is 1. The topological polar surface area (TPSA) is 54.5 Å². The highest BCUT2D eigenvalue weighted by atomic mass is 35.7. The molecule has 1 fully saturated rings. The maximum atomic E-state index is 12.8. The number of hydrogen-bond donors (Lipinski definition) is 0. The molecule has 0 spiro atoms. The molecule has 0 bridgehead atoms. The summed E-state index contributed by atoms with van der Waals surface area (Å²) in [6, 6.07) is 2.79. The molecule has 1 amide bonds. The molecule has 0 aliphatic carbocycles. The van der Waals surface area contributed by atoms with Crippen LogP contribution in [0.1, 0.15) is 12.0 Å². The Hall–Kier alpha value is -0.990. The van der Waals surface area contributed by atoms with Gasteiger partial charge in [0.1, 0.15) is 0 Å². The molecule has 1 aliphatic rings. The molecule has 1 unspecified atom stereocenters. The zero-order chi connectivity index (χ0) is 16.7. The molecular weight excluding hydrogens is 366 g/mol. The Kier molecular flexibility index (Phi) is 4.66. The Bertz CT molecular complexity index is 706. The monoisotopic (exact) mass is 375 g/mol. The van der Waals surface area contributed by atoms with Crippen LogP contribution in [0.5, 0.6) is 0 Å². The third-order valence-electron chi connectivity index (χ3n) is 3.16. The first kappa shape index (κ1) is 17.4. The van der Waals surface area contributed by atoms with E-state index in [0.29, 0.717) is 0 Å². The van der Waals surface area contributed by atoms with E-state index in [9.17, 15) is 26.4 Å². The van der Waals surface area contributed by atoms with E-state index < -0.39 is 38.4 Å². The van der Waals surface area contributed by atoms with Gasteiger partial charge in [0.15, 0.2) is 0 Å². The first-order valence-corrected chi connectivity index (χ1v) is 8.92. The molecule has 1 aromatic rings. The van der Waals surface area contributed by atoms with E-state index in [1.807, 2.05) is 0 Å². The standard InChI is InChI=1S/C12H10Cl2F3NO3S/c13-9-2-8(12(15,16)17)3-10(4-9)18-5-7(1-11(18)19)6-22(14,20)21/h2-4,7H,1,5-6H2. The van der Waals surface area contributed by atoms with Crippen molar-refractivity contribution in [2.45, 2.75) is 12.6 Å². The quantitative estimate of drug-likeness (QED) is 0.761. The van der Waals surface area contributed by atoms with E-state index in [1.165, 1.54) is 6.07 Å². The van der Waals surface area contributed by atoms with Gasteiger partial charge in [-0.15, -0.1) is 0 Å². The van der Waals surface area contributed by atoms with Crippen molar-refractivity contribution in [3.63, 3.8) is 0 Å². The van der Waals surface area contributed by atoms with Gasteiger partial charge in [-0.05, 0) is 18.2 Å². The van der Waals surface area contributed by atoms with Crippen LogP contribution in [0.15, 0.2) is 18.2 Å². The number of carbonyl (C=O) groups is 1. The predicted octanol–water partition coefficient (Wildman–Crippen LogP) is 3.28. The lowest BCUT2D eigenvalue weighted by Crippen LogP contribution is -2.25. The van der Waals surface area contributed by atoms with Crippen molar-refractivity contribution >= 4 is 42.9 Å². The number of rotatable bonds is 3. The summed E-state index contributed by atoms with van der Waals surface area (Å²) in [5.74, 6) is -1.45. The minimum atomic E-state index is -4.60. The fourth-order valence-corrected chi connectivity index (χ4v) is 3.87. The molecule has 1 saturated heterocycles. The largest absolute Gasteiger partial charge is 0.416 e. The first-order valence-electron chi connectivity index (χ1n) is 6.06. The molecule has 0 aromatic heterocycles. The van der Waals surface area contributed by atoms with Gasteiger partial charge in [0, 0.05) is 40.3 Å². The predicted molar refractivity (Wildman–Crippen MR) is 76.6 cm³/mol. The second-order valence-electron chi connectivity index (χ2n) is 4.98. The summed E-state index contributed by atoms with van der Waals surface area (Å²) in [5, 5.41) is -0.161. The van der Waals surface area contributed by atoms with Gasteiger partial charge in [-0.2, -0.15) is 13.2 Å². The molecular formula is C12H10Cl2F3NO3S. The van der Waals surface area contributed by atoms with Gasteiger partial charge in [0.2, 0.25) is 15.0 Å². The summed E-state index contributed by atoms with van der Waals surface area (Å²) in [6.07, 6.45) is -4.69. The Morgan fingerprint density at radius 3 is 2.45 bits per heavy atom. The zero-order valence-electron chi connectivity index (χ0n) is 10.9. The molecule has 10 heteroatoms. The Morgan fingerprint density at radius 2 is 1.91 bits per heavy atom. The number of alkyl halides is 3. The van der Waals surface area contributed by atoms with E-state index >= 15 is 0 Å². The summed E-state index contributed by atoms with van der Waals surface area (Å²) in [6.45, 7) is -0.0254. The maximum Gasteiger partial charge on any atom is 0.416 e. The zero-order valence-corrected chi connectivity index (χ0v) is 13.2. The van der Waals surface area contributed by atoms with Gasteiger partial charge >= 0.3 is 6.18 Å². The van der Waals surface area contributed by atoms with Gasteiger partial charge in [0.25, 0.3) is 0 Å². The first-order chi connectivity index (χ1) is 9.95. The van der Waals surface area contributed by atoms with Crippen LogP contribution in [-0.2, 0) is 20.0 Å². The van der Waals surface area contributed by atoms with Crippen LogP contribution in [0, 0.1) is 5.92 Å². The third-order valence-corrected chi connectivity index (χ3v) is 4.63. The van der Waals surface area contributed by atoms with Gasteiger partial charge in [-0.3, -0.25) is 4.79 Å². The number of anilines is 1. The summed E-state index contributed by atoms with van der Waals surface area (Å²) >= 11 is 5.67. The normalized spacial score (nSPS) is 19.8. The fraction of sp³-hybridized carbons (Fsp3) is 0.417. The Balaban J connectivity index is 2.29. The Labute approximate surface area is 134 Å². The van der Waals surface area contributed by atoms with Crippen molar-refractivity contribution < 1.29 is 26.4 Å². The average Bonchev–Trinajstić information content (AvgIpc) is 2.65. The number of benzene rings is 1. The molecule has 1 atom stereocenters. The van der Waals surface area contributed by atoms with E-state index in [1.54, 1.807) is 0 Å². The highest BCUT2D eigenvalue weighted by Gasteiger charge is 2.36. The van der Waals surface area contributed by atoms with Crippen LogP contribution >= 0.6 is 22.3 Å². The number of hydrogen-bond acceptors (Lipinski definition) is 3. The minimum absolute atomic E-state index is 0.0145. The lowest BCUT2D eigenvalue weighted by molar-refractivity contribution is -0.137. The summed E-state index contributed by atoms with van der Waals surface area (Å²) in [4.78, 5) is 13.0. The van der Waals surface area contributed by atoms with Crippen LogP contribution in [0.4, 0.5) is 18.9 Å². The SMILES string of the molecule is O=C1CC(CS(=O)(=O)Cl)CN1c1cc(Cl)cc(C(F)(F)F)c1. The minimum Gasteiger partial charge on any atom is -0.312 e. The van der Waals surface area contributed by atoms with Gasteiger partial charge in [-0.1, -0.05) is 11.6 Å². The molecule has 1 aliphatic heterocycles. The van der Waals surface area contributed by atoms with Crippen LogP contribution in [0.25, 0.3) is 0 Å². The van der Waals surface area contributed by atoms with Crippen LogP contribution < -0.4 is 4.90 Å². The molecule has 2 rings (SSSR count). The molecule has 4 nitrogen and oxygen atoms in total. The van der Waals surface area contributed by atoms with Crippen molar-refractivity contribution in [2.75, 3.05) is 17.2 Å². The van der Waals surface area contributed by atoms with Crippen molar-refractivity contribution in [1.82, 2.24) is 0 Å². The van der Waals surface area contributed by atoms with E-state index in [2.05, 4.69) is 0 Å². The molecule has 1 aromatic carbocycles. The molecule has 0 N–H and O–H groups in total. The van der Waals surface area contributed by atoms with E-state index in [0.717, 1.165) is 17.0 Å². The van der Waals surface area contributed by atoms with Gasteiger partial charge in [-0.25, -0.2) is 8.42 Å². The van der Waals surface area contributed by atoms with Crippen molar-refractivity contribution in [3.8, 4) is 0 Å². The highest BCUT2D eigenvalue weighted by molar-refractivity contribution is 8.13. The van der Waals surface area contributed by atoms with Gasteiger partial charge in [0.05, 0.1) is 11.3 Å². The van der Waals surface area contributed by atoms with E-state index in [4.69, 9.17) is 22.3 Å². The maximum absolute atomic E-state index is 12.8. The van der Waals surface area contributed by atoms with Crippen LogP contribution in [-0.4, -0.2) is 26.6 Å². The highest BCUT2D eigenvalue weighted by Crippen LogP contribution is 2.36. The van der Waals surface area contributed by atoms with Crippen molar-refractivity contribution in [3.05, 3.63) is 28.8 Å². The Morgan fingerprint density at radius 1 is 1.27 bits per heavy atom. The molecule has 0 radical (unpaired) electrons. The lowest BCUT2D eigenvalue weighted by Gasteiger charge is -2.19. The second-order valence-corrected chi connectivity index (χ2v) is 8.23. The van der Waals surface area contributed by atoms with Crippen molar-refractivity contribution in [2.24, 2.45) is 5.92 Å². The molecule has 0 saturated carbocycles. The number of amides is 1. The smallest absolute Gasteiger partial charge is 0.312 e. The average molecular weight is 376 g/mol. The fourth-order valence-electron chi connectivity index (χ4n) is 2.32. The van der Waals surface area contributed by atoms with Crippen LogP contribution in [0.3, 0.4) is 0 Å². The summed E-state index contributed by atoms with van der Waals surface area (Å²) in [5.41, 5.74) is -0.990. The summed E-state index contributed by atoms with van der Waals surface area (Å²) < 4.78 is 60.4. The van der Waals surface area contributed by atoms with Crippen molar-refractivity contribution in [1.29, 1.82) is 0 Å². The second kappa shape index (κ2) is 5.90. The van der Waals surface area contributed by atoms with Gasteiger partial charge < -0.3 is 4.90 Å². The lowest BCUT2D eigenvalue weighted by atomic mass is 10.1. The molecule has 22 heavy (non-hydrogen) atoms. The summed E-state index contributed by atoms with van der Waals surface area (Å²) in [7, 11) is 1.35. The van der Waals surface area contributed by atoms with Crippen LogP contribution in [0.2, 0.25) is 5.02 Å². The van der Waals surface area contributed by atoms with E-state index in [-0.39, 0.29) is 23.7 Å². The number of carbonyl (C=O) groups excluding carboxylic acids is 1.